The summed E-state index contributed by atoms with van der Waals surface area (Å²) in [5, 5.41) is 0.734. The summed E-state index contributed by atoms with van der Waals surface area (Å²) in [5.41, 5.74) is 5.22. The molecule has 0 fully saturated rings. The third-order valence-electron chi connectivity index (χ3n) is 5.54. The van der Waals surface area contributed by atoms with Gasteiger partial charge in [0.15, 0.2) is 0 Å². The number of aromatic nitrogens is 1. The summed E-state index contributed by atoms with van der Waals surface area (Å²) in [6.07, 6.45) is 2.96. The Labute approximate surface area is 194 Å². The fourth-order valence-corrected chi connectivity index (χ4v) is 4.13. The first-order chi connectivity index (χ1) is 15.6. The zero-order valence-corrected chi connectivity index (χ0v) is 19.0. The van der Waals surface area contributed by atoms with E-state index in [2.05, 4.69) is 42.0 Å². The zero-order valence-electron chi connectivity index (χ0n) is 18.2. The molecule has 0 bridgehead atoms. The number of amides is 1. The second kappa shape index (κ2) is 10.3. The van der Waals surface area contributed by atoms with Crippen LogP contribution < -0.4 is 0 Å². The van der Waals surface area contributed by atoms with Gasteiger partial charge < -0.3 is 9.47 Å². The van der Waals surface area contributed by atoms with Gasteiger partial charge in [-0.15, -0.1) is 0 Å². The quantitative estimate of drug-likeness (QED) is 0.291. The molecule has 0 saturated heterocycles. The molecule has 4 aromatic rings. The first-order valence-corrected chi connectivity index (χ1v) is 11.3. The SMILES string of the molecule is CCCN(Cc1cccn1Cc1cccc(Cl)c1)C(=O)c1ccc(-c2ccccc2)cc1. The number of carbonyl (C=O) groups excluding carboxylic acids is 1. The molecule has 4 rings (SSSR count). The largest absolute Gasteiger partial charge is 0.345 e. The molecular weight excluding hydrogens is 416 g/mol. The molecule has 0 atom stereocenters. The van der Waals surface area contributed by atoms with Crippen molar-refractivity contribution in [2.75, 3.05) is 6.54 Å². The molecule has 162 valence electrons. The molecular formula is C28H27ClN2O. The fraction of sp³-hybridized carbons (Fsp3) is 0.179. The monoisotopic (exact) mass is 442 g/mol. The van der Waals surface area contributed by atoms with E-state index in [0.29, 0.717) is 18.7 Å². The molecule has 32 heavy (non-hydrogen) atoms. The van der Waals surface area contributed by atoms with E-state index in [1.54, 1.807) is 0 Å². The van der Waals surface area contributed by atoms with Crippen LogP contribution in [-0.2, 0) is 13.1 Å². The molecule has 0 N–H and O–H groups in total. The van der Waals surface area contributed by atoms with E-state index in [0.717, 1.165) is 40.4 Å². The highest BCUT2D eigenvalue weighted by Gasteiger charge is 2.17. The number of hydrogen-bond donors (Lipinski definition) is 0. The minimum absolute atomic E-state index is 0.0574. The van der Waals surface area contributed by atoms with Gasteiger partial charge in [-0.3, -0.25) is 4.79 Å². The summed E-state index contributed by atoms with van der Waals surface area (Å²) >= 11 is 6.15. The van der Waals surface area contributed by atoms with Crippen LogP contribution in [0.25, 0.3) is 11.1 Å². The van der Waals surface area contributed by atoms with Crippen LogP contribution in [0.2, 0.25) is 5.02 Å². The van der Waals surface area contributed by atoms with Crippen molar-refractivity contribution in [2.24, 2.45) is 0 Å². The van der Waals surface area contributed by atoms with Gasteiger partial charge in [0.2, 0.25) is 0 Å². The van der Waals surface area contributed by atoms with Crippen molar-refractivity contribution in [2.45, 2.75) is 26.4 Å². The number of nitrogens with zero attached hydrogens (tertiary/aromatic N) is 2. The van der Waals surface area contributed by atoms with E-state index < -0.39 is 0 Å². The van der Waals surface area contributed by atoms with Gasteiger partial charge in [0.1, 0.15) is 0 Å². The van der Waals surface area contributed by atoms with Crippen LogP contribution in [0.3, 0.4) is 0 Å². The molecule has 0 aliphatic heterocycles. The molecule has 1 heterocycles. The lowest BCUT2D eigenvalue weighted by atomic mass is 10.0. The van der Waals surface area contributed by atoms with Crippen molar-refractivity contribution < 1.29 is 4.79 Å². The Kier molecular flexibility index (Phi) is 7.08. The van der Waals surface area contributed by atoms with Gasteiger partial charge in [-0.1, -0.05) is 73.1 Å². The minimum Gasteiger partial charge on any atom is -0.345 e. The van der Waals surface area contributed by atoms with E-state index in [-0.39, 0.29) is 5.91 Å². The zero-order chi connectivity index (χ0) is 22.3. The van der Waals surface area contributed by atoms with Crippen LogP contribution in [0.15, 0.2) is 97.2 Å². The predicted octanol–water partition coefficient (Wildman–Crippen LogP) is 6.91. The van der Waals surface area contributed by atoms with Crippen molar-refractivity contribution in [3.05, 3.63) is 119 Å². The predicted molar refractivity (Wildman–Crippen MR) is 132 cm³/mol. The highest BCUT2D eigenvalue weighted by molar-refractivity contribution is 6.30. The second-order valence-corrected chi connectivity index (χ2v) is 8.36. The molecule has 4 heteroatoms. The summed E-state index contributed by atoms with van der Waals surface area (Å²) in [5.74, 6) is 0.0574. The number of benzene rings is 3. The lowest BCUT2D eigenvalue weighted by Crippen LogP contribution is -2.32. The van der Waals surface area contributed by atoms with Crippen LogP contribution in [0.4, 0.5) is 0 Å². The molecule has 1 amide bonds. The Morgan fingerprint density at radius 1 is 0.875 bits per heavy atom. The van der Waals surface area contributed by atoms with E-state index in [1.165, 1.54) is 0 Å². The Morgan fingerprint density at radius 3 is 2.34 bits per heavy atom. The van der Waals surface area contributed by atoms with Crippen molar-refractivity contribution in [1.29, 1.82) is 0 Å². The summed E-state index contributed by atoms with van der Waals surface area (Å²) in [7, 11) is 0. The maximum Gasteiger partial charge on any atom is 0.254 e. The maximum absolute atomic E-state index is 13.3. The number of halogens is 1. The van der Waals surface area contributed by atoms with Crippen molar-refractivity contribution in [1.82, 2.24) is 9.47 Å². The summed E-state index contributed by atoms with van der Waals surface area (Å²) < 4.78 is 2.18. The number of rotatable bonds is 8. The smallest absolute Gasteiger partial charge is 0.254 e. The van der Waals surface area contributed by atoms with Gasteiger partial charge >= 0.3 is 0 Å². The first-order valence-electron chi connectivity index (χ1n) is 11.0. The van der Waals surface area contributed by atoms with Gasteiger partial charge in [-0.25, -0.2) is 0 Å². The Hall–Kier alpha value is -3.30. The standard InChI is InChI=1S/C28H27ClN2O/c1-2-17-31(21-27-12-7-18-30(27)20-22-8-6-11-26(29)19-22)28(32)25-15-13-24(14-16-25)23-9-4-3-5-10-23/h3-16,18-19H,2,17,20-21H2,1H3. The lowest BCUT2D eigenvalue weighted by Gasteiger charge is -2.23. The Balaban J connectivity index is 1.51. The van der Waals surface area contributed by atoms with E-state index >= 15 is 0 Å². The Bertz CT molecular complexity index is 1170. The normalized spacial score (nSPS) is 10.8. The molecule has 0 spiro atoms. The lowest BCUT2D eigenvalue weighted by molar-refractivity contribution is 0.0739. The minimum atomic E-state index is 0.0574. The summed E-state index contributed by atoms with van der Waals surface area (Å²) in [4.78, 5) is 15.3. The average molecular weight is 443 g/mol. The van der Waals surface area contributed by atoms with Crippen LogP contribution in [0.5, 0.6) is 0 Å². The Morgan fingerprint density at radius 2 is 1.62 bits per heavy atom. The van der Waals surface area contributed by atoms with Gasteiger partial charge in [0.05, 0.1) is 6.54 Å². The number of carbonyl (C=O) groups is 1. The molecule has 3 nitrogen and oxygen atoms in total. The van der Waals surface area contributed by atoms with Crippen LogP contribution in [0, 0.1) is 0 Å². The van der Waals surface area contributed by atoms with Crippen LogP contribution in [0.1, 0.15) is 35.0 Å². The molecule has 0 aliphatic rings. The van der Waals surface area contributed by atoms with Crippen molar-refractivity contribution >= 4 is 17.5 Å². The summed E-state index contributed by atoms with van der Waals surface area (Å²) in [6.45, 7) is 4.11. The van der Waals surface area contributed by atoms with E-state index in [9.17, 15) is 4.79 Å². The van der Waals surface area contributed by atoms with Gasteiger partial charge in [0.25, 0.3) is 5.91 Å². The third-order valence-corrected chi connectivity index (χ3v) is 5.77. The van der Waals surface area contributed by atoms with Gasteiger partial charge in [-0.05, 0) is 59.5 Å². The van der Waals surface area contributed by atoms with Crippen LogP contribution in [-0.4, -0.2) is 21.9 Å². The summed E-state index contributed by atoms with van der Waals surface area (Å²) in [6, 6.07) is 30.1. The van der Waals surface area contributed by atoms with Crippen molar-refractivity contribution in [3.8, 4) is 11.1 Å². The van der Waals surface area contributed by atoms with Crippen molar-refractivity contribution in [3.63, 3.8) is 0 Å². The number of hydrogen-bond acceptors (Lipinski definition) is 1. The van der Waals surface area contributed by atoms with Gasteiger partial charge in [-0.2, -0.15) is 0 Å². The molecule has 0 radical (unpaired) electrons. The fourth-order valence-electron chi connectivity index (χ4n) is 3.92. The maximum atomic E-state index is 13.3. The van der Waals surface area contributed by atoms with Gasteiger partial charge in [0, 0.05) is 35.6 Å². The molecule has 0 aliphatic carbocycles. The average Bonchev–Trinajstić information content (AvgIpc) is 3.25. The highest BCUT2D eigenvalue weighted by Crippen LogP contribution is 2.21. The van der Waals surface area contributed by atoms with E-state index in [1.807, 2.05) is 71.6 Å². The molecule has 0 unspecified atom stereocenters. The second-order valence-electron chi connectivity index (χ2n) is 7.93. The molecule has 3 aromatic carbocycles. The van der Waals surface area contributed by atoms with Crippen LogP contribution >= 0.6 is 11.6 Å². The highest BCUT2D eigenvalue weighted by atomic mass is 35.5. The first kappa shape index (κ1) is 21.9. The molecule has 1 aromatic heterocycles. The van der Waals surface area contributed by atoms with E-state index in [4.69, 9.17) is 11.6 Å². The molecule has 0 saturated carbocycles. The third kappa shape index (κ3) is 5.30. The topological polar surface area (TPSA) is 25.2 Å².